The molecule has 1 aromatic heterocycles. The molecule has 1 amide bonds. The number of halogens is 4. The molecule has 0 bridgehead atoms. The largest absolute Gasteiger partial charge is 0.456 e. The molecule has 214 valence electrons. The lowest BCUT2D eigenvalue weighted by Gasteiger charge is -2.28. The number of carbonyl (C=O) groups is 1. The van der Waals surface area contributed by atoms with E-state index in [0.717, 1.165) is 17.7 Å². The molecule has 2 N–H and O–H groups in total. The van der Waals surface area contributed by atoms with Gasteiger partial charge in [-0.15, -0.1) is 10.3 Å². The summed E-state index contributed by atoms with van der Waals surface area (Å²) in [5, 5.41) is 3.41. The zero-order valence-corrected chi connectivity index (χ0v) is 23.6. The quantitative estimate of drug-likeness (QED) is 0.263. The Morgan fingerprint density at radius 3 is 2.65 bits per heavy atom. The average Bonchev–Trinajstić information content (AvgIpc) is 3.29. The number of aromatic nitrogens is 2. The number of ether oxygens (including phenoxy) is 1. The van der Waals surface area contributed by atoms with E-state index in [2.05, 4.69) is 20.3 Å². The zero-order chi connectivity index (χ0) is 29.1. The van der Waals surface area contributed by atoms with E-state index in [-0.39, 0.29) is 34.2 Å². The molecular formula is C27H29ClF3N5O3S. The summed E-state index contributed by atoms with van der Waals surface area (Å²) in [6, 6.07) is 9.08. The number of aliphatic imine (C=N–C) groups is 1. The summed E-state index contributed by atoms with van der Waals surface area (Å²) in [6.07, 6.45) is 2.50. The molecule has 2 heterocycles. The van der Waals surface area contributed by atoms with Crippen molar-refractivity contribution in [1.29, 1.82) is 0 Å². The summed E-state index contributed by atoms with van der Waals surface area (Å²) in [4.78, 5) is 27.6. The van der Waals surface area contributed by atoms with E-state index in [9.17, 15) is 22.5 Å². The van der Waals surface area contributed by atoms with Gasteiger partial charge in [0, 0.05) is 30.6 Å². The third-order valence-corrected chi connectivity index (χ3v) is 7.34. The minimum atomic E-state index is -4.49. The van der Waals surface area contributed by atoms with Crippen molar-refractivity contribution >= 4 is 45.5 Å². The van der Waals surface area contributed by atoms with Gasteiger partial charge in [-0.1, -0.05) is 17.7 Å². The van der Waals surface area contributed by atoms with Crippen LogP contribution in [0, 0.1) is 0 Å². The smallest absolute Gasteiger partial charge is 0.416 e. The Hall–Kier alpha value is -3.35. The Bertz CT molecular complexity index is 1410. The lowest BCUT2D eigenvalue weighted by atomic mass is 10.1. The number of hydrogen-bond acceptors (Lipinski definition) is 7. The molecule has 1 aliphatic rings. The molecule has 0 spiro atoms. The van der Waals surface area contributed by atoms with E-state index in [1.165, 1.54) is 18.5 Å². The van der Waals surface area contributed by atoms with Crippen molar-refractivity contribution in [3.63, 3.8) is 0 Å². The van der Waals surface area contributed by atoms with Crippen LogP contribution in [0.1, 0.15) is 36.2 Å². The van der Waals surface area contributed by atoms with E-state index < -0.39 is 22.0 Å². The van der Waals surface area contributed by atoms with Crippen LogP contribution >= 0.6 is 21.9 Å². The van der Waals surface area contributed by atoms with Crippen molar-refractivity contribution in [3.8, 4) is 11.5 Å². The monoisotopic (exact) mass is 595 g/mol. The van der Waals surface area contributed by atoms with E-state index in [1.807, 2.05) is 6.92 Å². The zero-order valence-electron chi connectivity index (χ0n) is 22.1. The normalized spacial score (nSPS) is 15.1. The van der Waals surface area contributed by atoms with Crippen LogP contribution in [-0.4, -0.2) is 62.9 Å². The predicted octanol–water partition coefficient (Wildman–Crippen LogP) is 6.93. The average molecular weight is 596 g/mol. The van der Waals surface area contributed by atoms with Crippen molar-refractivity contribution in [2.45, 2.75) is 25.6 Å². The first-order valence-corrected chi connectivity index (χ1v) is 15.3. The molecule has 3 aromatic rings. The molecule has 0 saturated carbocycles. The molecule has 2 aromatic carbocycles. The molecule has 1 aliphatic heterocycles. The highest BCUT2D eigenvalue weighted by Gasteiger charge is 2.31. The lowest BCUT2D eigenvalue weighted by Crippen LogP contribution is -2.35. The highest BCUT2D eigenvalue weighted by Crippen LogP contribution is 2.38. The number of alkyl halides is 3. The molecule has 0 fully saturated rings. The van der Waals surface area contributed by atoms with E-state index in [4.69, 9.17) is 16.3 Å². The molecule has 0 saturated heterocycles. The van der Waals surface area contributed by atoms with Crippen LogP contribution in [0.5, 0.6) is 11.5 Å². The van der Waals surface area contributed by atoms with Gasteiger partial charge in [0.1, 0.15) is 23.6 Å². The summed E-state index contributed by atoms with van der Waals surface area (Å²) in [7, 11) is -1.95. The van der Waals surface area contributed by atoms with Gasteiger partial charge in [0.25, 0.3) is 0 Å². The summed E-state index contributed by atoms with van der Waals surface area (Å²) < 4.78 is 54.8. The SMILES string of the molecule is CCN(CCC1N=Cc2ncnc(Nc3ccc(Oc4cccc(C(F)(F)F)c4)c(Cl)c3)c21)C(=O)CS(C)(C)O. The fourth-order valence-corrected chi connectivity index (χ4v) is 5.19. The van der Waals surface area contributed by atoms with Gasteiger partial charge in [-0.05, 0) is 62.3 Å². The van der Waals surface area contributed by atoms with Crippen LogP contribution < -0.4 is 10.1 Å². The maximum absolute atomic E-state index is 13.0. The Kier molecular flexibility index (Phi) is 8.91. The number of nitrogens with one attached hydrogen (secondary N) is 1. The molecular weight excluding hydrogens is 567 g/mol. The number of amides is 1. The second-order valence-corrected chi connectivity index (χ2v) is 13.3. The fraction of sp³-hybridized carbons (Fsp3) is 0.333. The minimum Gasteiger partial charge on any atom is -0.456 e. The lowest BCUT2D eigenvalue weighted by molar-refractivity contribution is -0.137. The van der Waals surface area contributed by atoms with Crippen molar-refractivity contribution in [3.05, 3.63) is 70.6 Å². The predicted molar refractivity (Wildman–Crippen MR) is 152 cm³/mol. The molecule has 8 nitrogen and oxygen atoms in total. The van der Waals surface area contributed by atoms with Gasteiger partial charge >= 0.3 is 6.18 Å². The van der Waals surface area contributed by atoms with Crippen molar-refractivity contribution in [2.75, 3.05) is 36.7 Å². The first-order valence-electron chi connectivity index (χ1n) is 12.3. The van der Waals surface area contributed by atoms with E-state index >= 15 is 0 Å². The second kappa shape index (κ2) is 12.0. The Morgan fingerprint density at radius 1 is 1.20 bits per heavy atom. The Labute approximate surface area is 236 Å². The Balaban J connectivity index is 1.47. The van der Waals surface area contributed by atoms with Gasteiger partial charge in [0.05, 0.1) is 28.1 Å². The van der Waals surface area contributed by atoms with Gasteiger partial charge in [-0.2, -0.15) is 13.2 Å². The number of rotatable bonds is 10. The van der Waals surface area contributed by atoms with Crippen LogP contribution in [-0.2, 0) is 11.0 Å². The van der Waals surface area contributed by atoms with Crippen molar-refractivity contribution in [1.82, 2.24) is 14.9 Å². The minimum absolute atomic E-state index is 0.00890. The summed E-state index contributed by atoms with van der Waals surface area (Å²) >= 11 is 6.40. The maximum atomic E-state index is 13.0. The summed E-state index contributed by atoms with van der Waals surface area (Å²) in [6.45, 7) is 2.86. The topological polar surface area (TPSA) is 99.9 Å². The number of anilines is 2. The first kappa shape index (κ1) is 29.6. The second-order valence-electron chi connectivity index (χ2n) is 9.60. The molecule has 0 aliphatic carbocycles. The van der Waals surface area contributed by atoms with Crippen LogP contribution in [0.2, 0.25) is 5.02 Å². The standard InChI is InChI=1S/C27H29ClF3N5O3S/c1-4-36(24(37)15-40(2,3)38)11-10-21-25-22(14-32-21)33-16-34-26(25)35-18-8-9-23(20(28)13-18)39-19-7-5-6-17(12-19)27(29,30)31/h5-9,12-14,16,21,38H,4,10-11,15H2,1-3H3,(H,33,34,35). The summed E-state index contributed by atoms with van der Waals surface area (Å²) in [5.41, 5.74) is 1.19. The number of benzene rings is 2. The number of carbonyl (C=O) groups excluding carboxylic acids is 1. The third kappa shape index (κ3) is 7.43. The number of fused-ring (bicyclic) bond motifs is 1. The van der Waals surface area contributed by atoms with Gasteiger partial charge < -0.3 is 19.5 Å². The maximum Gasteiger partial charge on any atom is 0.416 e. The Morgan fingerprint density at radius 2 is 1.98 bits per heavy atom. The van der Waals surface area contributed by atoms with Gasteiger partial charge in [0.2, 0.25) is 5.91 Å². The van der Waals surface area contributed by atoms with Gasteiger partial charge in [-0.3, -0.25) is 9.79 Å². The van der Waals surface area contributed by atoms with Gasteiger partial charge in [0.15, 0.2) is 0 Å². The van der Waals surface area contributed by atoms with Crippen LogP contribution in [0.15, 0.2) is 53.8 Å². The van der Waals surface area contributed by atoms with Crippen LogP contribution in [0.25, 0.3) is 0 Å². The molecule has 4 rings (SSSR count). The third-order valence-electron chi connectivity index (χ3n) is 6.09. The molecule has 13 heteroatoms. The van der Waals surface area contributed by atoms with Gasteiger partial charge in [-0.25, -0.2) is 9.97 Å². The van der Waals surface area contributed by atoms with Crippen molar-refractivity contribution < 1.29 is 27.3 Å². The van der Waals surface area contributed by atoms with E-state index in [0.29, 0.717) is 36.7 Å². The first-order chi connectivity index (χ1) is 18.8. The molecule has 1 unspecified atom stereocenters. The van der Waals surface area contributed by atoms with Crippen LogP contribution in [0.4, 0.5) is 24.7 Å². The summed E-state index contributed by atoms with van der Waals surface area (Å²) in [5.74, 6) is 0.727. The number of hydrogen-bond donors (Lipinski definition) is 2. The molecule has 1 atom stereocenters. The van der Waals surface area contributed by atoms with Crippen LogP contribution in [0.3, 0.4) is 0 Å². The van der Waals surface area contributed by atoms with E-state index in [1.54, 1.807) is 41.8 Å². The highest BCUT2D eigenvalue weighted by atomic mass is 35.5. The molecule has 0 radical (unpaired) electrons. The number of nitrogens with zero attached hydrogens (tertiary/aromatic N) is 4. The van der Waals surface area contributed by atoms with Crippen molar-refractivity contribution in [2.24, 2.45) is 4.99 Å². The highest BCUT2D eigenvalue weighted by molar-refractivity contribution is 8.28. The molecule has 40 heavy (non-hydrogen) atoms. The fourth-order valence-electron chi connectivity index (χ4n) is 4.19.